The molecule has 0 aromatic carbocycles. The van der Waals surface area contributed by atoms with Crippen molar-refractivity contribution in [1.29, 1.82) is 0 Å². The number of halogens is 1. The van der Waals surface area contributed by atoms with Crippen molar-refractivity contribution in [2.24, 2.45) is 11.8 Å². The van der Waals surface area contributed by atoms with Crippen LogP contribution in [-0.2, 0) is 4.52 Å². The first-order valence-corrected chi connectivity index (χ1v) is 7.15. The molecular weight excluding hydrogens is 217 g/mol. The van der Waals surface area contributed by atoms with Crippen LogP contribution >= 0.6 is 18.7 Å². The highest BCUT2D eigenvalue weighted by atomic mass is 35.7. The summed E-state index contributed by atoms with van der Waals surface area (Å²) in [5, 5.41) is 0. The lowest BCUT2D eigenvalue weighted by Gasteiger charge is -2.28. The third-order valence-corrected chi connectivity index (χ3v) is 5.08. The Morgan fingerprint density at radius 3 is 2.14 bits per heavy atom. The van der Waals surface area contributed by atoms with Crippen LogP contribution in [0.2, 0.25) is 0 Å². The summed E-state index contributed by atoms with van der Waals surface area (Å²) in [5.41, 5.74) is 0.414. The van der Waals surface area contributed by atoms with E-state index in [1.165, 1.54) is 0 Å². The standard InChI is InChI=1S/C10H19ClNOP/c1-8(2)10(9(3)4)14(11)13-7-6-12-5/h8-10H,6-7H2,1-4H3. The Balaban J connectivity index is 4.03. The van der Waals surface area contributed by atoms with Crippen molar-refractivity contribution in [3.63, 3.8) is 0 Å². The quantitative estimate of drug-likeness (QED) is 0.383. The number of nitrogens with zero attached hydrogens (tertiary/aromatic N) is 1. The number of hydrogen-bond acceptors (Lipinski definition) is 1. The molecule has 0 bridgehead atoms. The SMILES string of the molecule is [C-]#[N+]CCOP(Cl)C(C(C)C)C(C)C. The third kappa shape index (κ3) is 5.15. The van der Waals surface area contributed by atoms with Crippen LogP contribution in [0.3, 0.4) is 0 Å². The average Bonchev–Trinajstić information content (AvgIpc) is 2.03. The Morgan fingerprint density at radius 1 is 1.29 bits per heavy atom. The largest absolute Gasteiger partial charge is 0.335 e. The van der Waals surface area contributed by atoms with E-state index in [2.05, 4.69) is 32.5 Å². The van der Waals surface area contributed by atoms with E-state index in [1.807, 2.05) is 0 Å². The van der Waals surface area contributed by atoms with Crippen LogP contribution in [0, 0.1) is 18.4 Å². The molecule has 1 unspecified atom stereocenters. The highest BCUT2D eigenvalue weighted by Crippen LogP contribution is 2.53. The van der Waals surface area contributed by atoms with Gasteiger partial charge in [0.2, 0.25) is 6.54 Å². The van der Waals surface area contributed by atoms with Gasteiger partial charge >= 0.3 is 0 Å². The first kappa shape index (κ1) is 14.2. The second kappa shape index (κ2) is 7.46. The molecule has 0 fully saturated rings. The predicted molar refractivity (Wildman–Crippen MR) is 63.7 cm³/mol. The summed E-state index contributed by atoms with van der Waals surface area (Å²) in [5.74, 6) is 1.07. The van der Waals surface area contributed by atoms with Crippen molar-refractivity contribution in [1.82, 2.24) is 0 Å². The van der Waals surface area contributed by atoms with E-state index in [0.717, 1.165) is 0 Å². The Bertz CT molecular complexity index is 183. The van der Waals surface area contributed by atoms with Gasteiger partial charge in [-0.3, -0.25) is 0 Å². The van der Waals surface area contributed by atoms with Gasteiger partial charge in [-0.2, -0.15) is 0 Å². The molecule has 1 atom stereocenters. The molecule has 2 nitrogen and oxygen atoms in total. The van der Waals surface area contributed by atoms with Crippen molar-refractivity contribution in [3.05, 3.63) is 11.4 Å². The molecule has 0 heterocycles. The second-order valence-electron chi connectivity index (χ2n) is 3.97. The van der Waals surface area contributed by atoms with Gasteiger partial charge in [-0.1, -0.05) is 38.9 Å². The lowest BCUT2D eigenvalue weighted by Crippen LogP contribution is -2.20. The van der Waals surface area contributed by atoms with Crippen LogP contribution in [0.5, 0.6) is 0 Å². The molecule has 0 amide bonds. The fraction of sp³-hybridized carbons (Fsp3) is 0.900. The fourth-order valence-corrected chi connectivity index (χ4v) is 4.42. The summed E-state index contributed by atoms with van der Waals surface area (Å²) in [6.07, 6.45) is 0. The van der Waals surface area contributed by atoms with Gasteiger partial charge in [0, 0.05) is 5.66 Å². The van der Waals surface area contributed by atoms with E-state index < -0.39 is 7.50 Å². The van der Waals surface area contributed by atoms with Gasteiger partial charge in [0.15, 0.2) is 0 Å². The van der Waals surface area contributed by atoms with Gasteiger partial charge in [-0.05, 0) is 11.8 Å². The summed E-state index contributed by atoms with van der Waals surface area (Å²) in [6, 6.07) is 0. The molecule has 0 saturated carbocycles. The van der Waals surface area contributed by atoms with Crippen molar-refractivity contribution >= 4 is 18.7 Å². The van der Waals surface area contributed by atoms with E-state index in [1.54, 1.807) is 0 Å². The van der Waals surface area contributed by atoms with Gasteiger partial charge in [0.1, 0.15) is 14.1 Å². The van der Waals surface area contributed by atoms with E-state index >= 15 is 0 Å². The molecule has 0 aliphatic carbocycles. The maximum absolute atomic E-state index is 6.63. The van der Waals surface area contributed by atoms with E-state index in [0.29, 0.717) is 30.6 Å². The maximum Gasteiger partial charge on any atom is 0.238 e. The van der Waals surface area contributed by atoms with Crippen LogP contribution in [0.1, 0.15) is 27.7 Å². The summed E-state index contributed by atoms with van der Waals surface area (Å²) < 4.78 is 5.48. The molecule has 0 aromatic heterocycles. The zero-order valence-corrected chi connectivity index (χ0v) is 11.0. The minimum Gasteiger partial charge on any atom is -0.335 e. The smallest absolute Gasteiger partial charge is 0.238 e. The lowest BCUT2D eigenvalue weighted by molar-refractivity contribution is 0.355. The molecule has 0 aliphatic heterocycles. The van der Waals surface area contributed by atoms with Crippen LogP contribution in [0.4, 0.5) is 0 Å². The van der Waals surface area contributed by atoms with Gasteiger partial charge in [-0.25, -0.2) is 6.57 Å². The minimum absolute atomic E-state index is 0.411. The molecular formula is C10H19ClNOP. The Morgan fingerprint density at radius 2 is 1.79 bits per heavy atom. The summed E-state index contributed by atoms with van der Waals surface area (Å²) in [4.78, 5) is 3.23. The van der Waals surface area contributed by atoms with Crippen molar-refractivity contribution in [2.75, 3.05) is 13.2 Å². The predicted octanol–water partition coefficient (Wildman–Crippen LogP) is 4.15. The van der Waals surface area contributed by atoms with Crippen molar-refractivity contribution in [2.45, 2.75) is 33.4 Å². The lowest BCUT2D eigenvalue weighted by atomic mass is 10.0. The molecule has 0 radical (unpaired) electrons. The molecule has 0 N–H and O–H groups in total. The highest BCUT2D eigenvalue weighted by molar-refractivity contribution is 7.80. The zero-order chi connectivity index (χ0) is 11.1. The van der Waals surface area contributed by atoms with E-state index in [-0.39, 0.29) is 0 Å². The first-order chi connectivity index (χ1) is 6.50. The molecule has 82 valence electrons. The monoisotopic (exact) mass is 235 g/mol. The normalized spacial score (nSPS) is 13.6. The van der Waals surface area contributed by atoms with Crippen LogP contribution < -0.4 is 0 Å². The number of hydrogen-bond donors (Lipinski definition) is 0. The maximum atomic E-state index is 6.63. The first-order valence-electron chi connectivity index (χ1n) is 4.91. The zero-order valence-electron chi connectivity index (χ0n) is 9.33. The van der Waals surface area contributed by atoms with Crippen molar-refractivity contribution in [3.8, 4) is 0 Å². The molecule has 14 heavy (non-hydrogen) atoms. The molecule has 0 rings (SSSR count). The molecule has 0 saturated heterocycles. The second-order valence-corrected chi connectivity index (χ2v) is 6.36. The molecule has 0 aliphatic rings. The van der Waals surface area contributed by atoms with Gasteiger partial charge in [0.05, 0.1) is 0 Å². The Labute approximate surface area is 93.4 Å². The topological polar surface area (TPSA) is 13.6 Å². The van der Waals surface area contributed by atoms with Crippen LogP contribution in [0.15, 0.2) is 0 Å². The van der Waals surface area contributed by atoms with Crippen LogP contribution in [-0.4, -0.2) is 18.8 Å². The molecule has 0 spiro atoms. The Hall–Kier alpha value is 0.170. The van der Waals surface area contributed by atoms with Gasteiger partial charge < -0.3 is 9.37 Å². The molecule has 0 aromatic rings. The average molecular weight is 236 g/mol. The van der Waals surface area contributed by atoms with E-state index in [4.69, 9.17) is 22.3 Å². The minimum atomic E-state index is -0.906. The van der Waals surface area contributed by atoms with Gasteiger partial charge in [-0.15, -0.1) is 0 Å². The summed E-state index contributed by atoms with van der Waals surface area (Å²) >= 11 is 6.21. The highest BCUT2D eigenvalue weighted by Gasteiger charge is 2.27. The Kier molecular flexibility index (Phi) is 7.55. The van der Waals surface area contributed by atoms with Crippen molar-refractivity contribution < 1.29 is 4.52 Å². The van der Waals surface area contributed by atoms with Crippen LogP contribution in [0.25, 0.3) is 4.85 Å². The van der Waals surface area contributed by atoms with E-state index in [9.17, 15) is 0 Å². The fourth-order valence-electron chi connectivity index (χ4n) is 1.50. The third-order valence-electron chi connectivity index (χ3n) is 2.02. The van der Waals surface area contributed by atoms with Gasteiger partial charge in [0.25, 0.3) is 0 Å². The number of rotatable bonds is 6. The molecule has 4 heteroatoms. The summed E-state index contributed by atoms with van der Waals surface area (Å²) in [7, 11) is -0.906. The summed E-state index contributed by atoms with van der Waals surface area (Å²) in [6.45, 7) is 16.2.